The van der Waals surface area contributed by atoms with Gasteiger partial charge in [0.2, 0.25) is 5.88 Å². The third-order valence-corrected chi connectivity index (χ3v) is 6.40. The van der Waals surface area contributed by atoms with Gasteiger partial charge in [0, 0.05) is 47.9 Å². The SMILES string of the molecule is Cc1c(-c2cc3cc(NC(=O)OC[C@@H]4CCN(C)C4)ncc3c(N)c2F)cnc2c1NCCO2. The molecule has 1 atom stereocenters. The summed E-state index contributed by atoms with van der Waals surface area (Å²) in [4.78, 5) is 23.0. The van der Waals surface area contributed by atoms with Crippen LogP contribution in [0.2, 0.25) is 0 Å². The van der Waals surface area contributed by atoms with Gasteiger partial charge in [0.25, 0.3) is 0 Å². The number of hydrogen-bond acceptors (Lipinski definition) is 8. The Morgan fingerprint density at radius 2 is 2.21 bits per heavy atom. The number of nitrogens with one attached hydrogen (secondary N) is 2. The Hall–Kier alpha value is -3.66. The molecule has 0 radical (unpaired) electrons. The van der Waals surface area contributed by atoms with Crippen LogP contribution in [0.4, 0.5) is 26.4 Å². The average molecular weight is 467 g/mol. The van der Waals surface area contributed by atoms with Crippen molar-refractivity contribution in [2.45, 2.75) is 13.3 Å². The number of anilines is 3. The van der Waals surface area contributed by atoms with E-state index in [0.717, 1.165) is 30.8 Å². The Morgan fingerprint density at radius 1 is 1.35 bits per heavy atom. The largest absolute Gasteiger partial charge is 0.474 e. The molecule has 2 aromatic heterocycles. The lowest BCUT2D eigenvalue weighted by atomic mass is 9.97. The summed E-state index contributed by atoms with van der Waals surface area (Å²) < 4.78 is 26.2. The number of hydrogen-bond donors (Lipinski definition) is 3. The first-order chi connectivity index (χ1) is 16.4. The normalized spacial score (nSPS) is 17.7. The number of ether oxygens (including phenoxy) is 2. The fourth-order valence-electron chi connectivity index (χ4n) is 4.55. The molecule has 178 valence electrons. The van der Waals surface area contributed by atoms with E-state index >= 15 is 4.39 Å². The Balaban J connectivity index is 1.41. The van der Waals surface area contributed by atoms with E-state index < -0.39 is 11.9 Å². The zero-order chi connectivity index (χ0) is 23.8. The van der Waals surface area contributed by atoms with Crippen LogP contribution in [0.3, 0.4) is 0 Å². The van der Waals surface area contributed by atoms with Gasteiger partial charge in [-0.15, -0.1) is 0 Å². The van der Waals surface area contributed by atoms with Gasteiger partial charge in [-0.1, -0.05) is 0 Å². The van der Waals surface area contributed by atoms with Crippen LogP contribution in [0.5, 0.6) is 5.88 Å². The third kappa shape index (κ3) is 4.16. The van der Waals surface area contributed by atoms with Crippen LogP contribution in [-0.4, -0.2) is 60.9 Å². The molecule has 1 fully saturated rings. The van der Waals surface area contributed by atoms with Crippen molar-refractivity contribution in [1.82, 2.24) is 14.9 Å². The molecule has 0 unspecified atom stereocenters. The van der Waals surface area contributed by atoms with Crippen LogP contribution in [0, 0.1) is 18.7 Å². The molecule has 3 aromatic rings. The Labute approximate surface area is 196 Å². The molecule has 1 aromatic carbocycles. The summed E-state index contributed by atoms with van der Waals surface area (Å²) in [5.41, 5.74) is 8.60. The summed E-state index contributed by atoms with van der Waals surface area (Å²) in [5, 5.41) is 7.01. The molecule has 4 heterocycles. The Bertz CT molecular complexity index is 1270. The van der Waals surface area contributed by atoms with Gasteiger partial charge in [-0.25, -0.2) is 19.2 Å². The maximum absolute atomic E-state index is 15.3. The van der Waals surface area contributed by atoms with Gasteiger partial charge in [0.15, 0.2) is 5.82 Å². The molecular weight excluding hydrogens is 439 g/mol. The summed E-state index contributed by atoms with van der Waals surface area (Å²) >= 11 is 0. The van der Waals surface area contributed by atoms with E-state index in [1.807, 2.05) is 14.0 Å². The summed E-state index contributed by atoms with van der Waals surface area (Å²) in [6, 6.07) is 3.34. The van der Waals surface area contributed by atoms with Crippen molar-refractivity contribution in [3.63, 3.8) is 0 Å². The molecule has 1 saturated heterocycles. The average Bonchev–Trinajstić information content (AvgIpc) is 3.26. The highest BCUT2D eigenvalue weighted by Gasteiger charge is 2.22. The number of halogens is 1. The first-order valence-corrected chi connectivity index (χ1v) is 11.3. The number of carbonyl (C=O) groups excluding carboxylic acids is 1. The molecule has 4 N–H and O–H groups in total. The Morgan fingerprint density at radius 3 is 3.00 bits per heavy atom. The van der Waals surface area contributed by atoms with Crippen LogP contribution in [0.1, 0.15) is 12.0 Å². The highest BCUT2D eigenvalue weighted by molar-refractivity contribution is 5.99. The van der Waals surface area contributed by atoms with Gasteiger partial charge < -0.3 is 25.4 Å². The maximum atomic E-state index is 15.3. The molecule has 0 saturated carbocycles. The fraction of sp³-hybridized carbons (Fsp3) is 0.375. The lowest BCUT2D eigenvalue weighted by Gasteiger charge is -2.22. The van der Waals surface area contributed by atoms with E-state index in [1.54, 1.807) is 18.3 Å². The standard InChI is InChI=1S/C24H27FN6O3/c1-13-17(9-29-23-22(13)27-4-6-33-23)16-7-15-8-19(28-10-18(15)21(26)20(16)25)30-24(32)34-12-14-3-5-31(2)11-14/h7-10,14,27H,3-6,11-12,26H2,1-2H3,(H,28,30,32)/t14-/m1/s1. The summed E-state index contributed by atoms with van der Waals surface area (Å²) in [5.74, 6) is 0.588. The second-order valence-electron chi connectivity index (χ2n) is 8.84. The summed E-state index contributed by atoms with van der Waals surface area (Å²) in [6.07, 6.45) is 3.47. The van der Waals surface area contributed by atoms with E-state index in [0.29, 0.717) is 59.3 Å². The van der Waals surface area contributed by atoms with Gasteiger partial charge in [-0.2, -0.15) is 0 Å². The number of nitrogens with zero attached hydrogens (tertiary/aromatic N) is 3. The number of benzene rings is 1. The molecule has 1 amide bonds. The number of aromatic nitrogens is 2. The van der Waals surface area contributed by atoms with Crippen molar-refractivity contribution < 1.29 is 18.7 Å². The number of likely N-dealkylation sites (tertiary alicyclic amines) is 1. The highest BCUT2D eigenvalue weighted by atomic mass is 19.1. The molecule has 0 aliphatic carbocycles. The van der Waals surface area contributed by atoms with E-state index in [1.165, 1.54) is 6.20 Å². The number of nitrogen functional groups attached to an aromatic ring is 1. The third-order valence-electron chi connectivity index (χ3n) is 6.40. The van der Waals surface area contributed by atoms with Crippen molar-refractivity contribution in [3.05, 3.63) is 35.9 Å². The van der Waals surface area contributed by atoms with Gasteiger partial charge in [0.05, 0.1) is 12.3 Å². The van der Waals surface area contributed by atoms with Crippen LogP contribution in [-0.2, 0) is 4.74 Å². The summed E-state index contributed by atoms with van der Waals surface area (Å²) in [7, 11) is 2.05. The number of carbonyl (C=O) groups is 1. The van der Waals surface area contributed by atoms with E-state index in [-0.39, 0.29) is 5.69 Å². The highest BCUT2D eigenvalue weighted by Crippen LogP contribution is 2.39. The van der Waals surface area contributed by atoms with E-state index in [2.05, 4.69) is 25.5 Å². The van der Waals surface area contributed by atoms with Gasteiger partial charge >= 0.3 is 6.09 Å². The minimum absolute atomic E-state index is 0.0131. The molecular formula is C24H27FN6O3. The predicted octanol–water partition coefficient (Wildman–Crippen LogP) is 3.63. The topological polar surface area (TPSA) is 115 Å². The van der Waals surface area contributed by atoms with Crippen molar-refractivity contribution in [1.29, 1.82) is 0 Å². The number of amides is 1. The van der Waals surface area contributed by atoms with Crippen LogP contribution in [0.15, 0.2) is 24.5 Å². The molecule has 34 heavy (non-hydrogen) atoms. The van der Waals surface area contributed by atoms with Gasteiger partial charge in [0.1, 0.15) is 18.1 Å². The fourth-order valence-corrected chi connectivity index (χ4v) is 4.55. The summed E-state index contributed by atoms with van der Waals surface area (Å²) in [6.45, 7) is 5.33. The lowest BCUT2D eigenvalue weighted by Crippen LogP contribution is -2.21. The number of nitrogens with two attached hydrogens (primary N) is 1. The molecule has 2 aliphatic rings. The van der Waals surface area contributed by atoms with E-state index in [9.17, 15) is 4.79 Å². The number of rotatable bonds is 4. The molecule has 0 bridgehead atoms. The second kappa shape index (κ2) is 8.94. The van der Waals surface area contributed by atoms with Crippen molar-refractivity contribution in [2.75, 3.05) is 56.3 Å². The zero-order valence-electron chi connectivity index (χ0n) is 19.2. The van der Waals surface area contributed by atoms with Crippen LogP contribution < -0.4 is 21.1 Å². The lowest BCUT2D eigenvalue weighted by molar-refractivity contribution is 0.142. The smallest absolute Gasteiger partial charge is 0.412 e. The predicted molar refractivity (Wildman–Crippen MR) is 129 cm³/mol. The molecule has 0 spiro atoms. The first-order valence-electron chi connectivity index (χ1n) is 11.3. The van der Waals surface area contributed by atoms with Crippen LogP contribution in [0.25, 0.3) is 21.9 Å². The number of pyridine rings is 2. The molecule has 2 aliphatic heterocycles. The quantitative estimate of drug-likeness (QED) is 0.500. The zero-order valence-corrected chi connectivity index (χ0v) is 19.2. The van der Waals surface area contributed by atoms with Crippen molar-refractivity contribution in [3.8, 4) is 17.0 Å². The Kier molecular flexibility index (Phi) is 5.82. The number of fused-ring (bicyclic) bond motifs is 2. The molecule has 9 nitrogen and oxygen atoms in total. The first kappa shape index (κ1) is 22.1. The minimum Gasteiger partial charge on any atom is -0.474 e. The monoisotopic (exact) mass is 466 g/mol. The van der Waals surface area contributed by atoms with Gasteiger partial charge in [-0.05, 0) is 50.0 Å². The second-order valence-corrected chi connectivity index (χ2v) is 8.84. The molecule has 5 rings (SSSR count). The van der Waals surface area contributed by atoms with Crippen LogP contribution >= 0.6 is 0 Å². The van der Waals surface area contributed by atoms with Crippen molar-refractivity contribution >= 4 is 34.1 Å². The molecule has 10 heteroatoms. The van der Waals surface area contributed by atoms with Gasteiger partial charge in [-0.3, -0.25) is 5.32 Å². The van der Waals surface area contributed by atoms with Crippen molar-refractivity contribution in [2.24, 2.45) is 5.92 Å². The maximum Gasteiger partial charge on any atom is 0.412 e. The van der Waals surface area contributed by atoms with E-state index in [4.69, 9.17) is 15.2 Å². The minimum atomic E-state index is -0.572.